The van der Waals surface area contributed by atoms with Gasteiger partial charge in [-0.05, 0) is 19.8 Å². The van der Waals surface area contributed by atoms with Crippen molar-refractivity contribution in [2.45, 2.75) is 25.9 Å². The molecule has 68 valence electrons. The van der Waals surface area contributed by atoms with Gasteiger partial charge in [0, 0.05) is 11.9 Å². The van der Waals surface area contributed by atoms with Crippen LogP contribution in [0.3, 0.4) is 0 Å². The van der Waals surface area contributed by atoms with Crippen molar-refractivity contribution < 1.29 is 14.6 Å². The van der Waals surface area contributed by atoms with Gasteiger partial charge in [-0.15, -0.1) is 0 Å². The van der Waals surface area contributed by atoms with E-state index < -0.39 is 5.97 Å². The zero-order valence-corrected chi connectivity index (χ0v) is 7.16. The lowest BCUT2D eigenvalue weighted by Gasteiger charge is -2.14. The number of rotatable bonds is 5. The average molecular weight is 169 g/mol. The number of epoxide rings is 1. The lowest BCUT2D eigenvalue weighted by Crippen LogP contribution is -2.31. The van der Waals surface area contributed by atoms with Gasteiger partial charge in [0.15, 0.2) is 0 Å². The molecule has 2 atom stereocenters. The summed E-state index contributed by atoms with van der Waals surface area (Å²) in [7, 11) is 0. The Labute approximate surface area is 72.0 Å². The molecule has 3 heteroatoms. The second-order valence-corrected chi connectivity index (χ2v) is 3.01. The fourth-order valence-electron chi connectivity index (χ4n) is 1.11. The maximum absolute atomic E-state index is 10.6. The summed E-state index contributed by atoms with van der Waals surface area (Å²) in [5, 5.41) is 10.6. The van der Waals surface area contributed by atoms with Crippen LogP contribution in [0.4, 0.5) is 0 Å². The SMILES string of the molecule is C/C=C/CC(CC1CO1)C(=O)[O-]. The Morgan fingerprint density at radius 2 is 2.50 bits per heavy atom. The van der Waals surface area contributed by atoms with Crippen LogP contribution in [0.15, 0.2) is 12.2 Å². The Morgan fingerprint density at radius 1 is 1.83 bits per heavy atom. The number of carboxylic acid groups (broad SMARTS) is 1. The zero-order chi connectivity index (χ0) is 8.97. The molecule has 0 amide bonds. The van der Waals surface area contributed by atoms with E-state index in [0.29, 0.717) is 19.4 Å². The molecule has 0 bridgehead atoms. The van der Waals surface area contributed by atoms with Crippen molar-refractivity contribution in [3.8, 4) is 0 Å². The monoisotopic (exact) mass is 169 g/mol. The Morgan fingerprint density at radius 3 is 2.92 bits per heavy atom. The minimum atomic E-state index is -0.969. The summed E-state index contributed by atoms with van der Waals surface area (Å²) >= 11 is 0. The molecule has 1 saturated heterocycles. The number of aliphatic carboxylic acids is 1. The van der Waals surface area contributed by atoms with E-state index in [-0.39, 0.29) is 12.0 Å². The highest BCUT2D eigenvalue weighted by Crippen LogP contribution is 2.21. The van der Waals surface area contributed by atoms with Gasteiger partial charge in [-0.2, -0.15) is 0 Å². The van der Waals surface area contributed by atoms with Crippen LogP contribution in [0, 0.1) is 5.92 Å². The van der Waals surface area contributed by atoms with E-state index in [1.807, 2.05) is 19.1 Å². The van der Waals surface area contributed by atoms with Crippen LogP contribution in [0.2, 0.25) is 0 Å². The van der Waals surface area contributed by atoms with E-state index in [9.17, 15) is 9.90 Å². The fourth-order valence-corrected chi connectivity index (χ4v) is 1.11. The number of hydrogen-bond acceptors (Lipinski definition) is 3. The molecular formula is C9H13O3-. The first-order valence-corrected chi connectivity index (χ1v) is 4.17. The van der Waals surface area contributed by atoms with Crippen molar-refractivity contribution >= 4 is 5.97 Å². The second-order valence-electron chi connectivity index (χ2n) is 3.01. The molecule has 0 spiro atoms. The number of allylic oxidation sites excluding steroid dienone is 2. The summed E-state index contributed by atoms with van der Waals surface area (Å²) in [5.41, 5.74) is 0. The molecule has 0 aromatic heterocycles. The Bertz CT molecular complexity index is 182. The van der Waals surface area contributed by atoms with Gasteiger partial charge in [0.25, 0.3) is 0 Å². The molecule has 0 radical (unpaired) electrons. The minimum absolute atomic E-state index is 0.165. The number of carboxylic acids is 1. The maximum atomic E-state index is 10.6. The topological polar surface area (TPSA) is 52.7 Å². The molecule has 0 N–H and O–H groups in total. The van der Waals surface area contributed by atoms with Crippen LogP contribution in [0.25, 0.3) is 0 Å². The van der Waals surface area contributed by atoms with E-state index in [1.54, 1.807) is 0 Å². The third-order valence-corrected chi connectivity index (χ3v) is 1.94. The van der Waals surface area contributed by atoms with E-state index >= 15 is 0 Å². The van der Waals surface area contributed by atoms with E-state index in [0.717, 1.165) is 0 Å². The quantitative estimate of drug-likeness (QED) is 0.433. The second kappa shape index (κ2) is 4.26. The van der Waals surface area contributed by atoms with Gasteiger partial charge in [0.1, 0.15) is 0 Å². The number of ether oxygens (including phenoxy) is 1. The molecule has 1 fully saturated rings. The first-order chi connectivity index (χ1) is 5.74. The molecule has 1 heterocycles. The normalized spacial score (nSPS) is 24.2. The summed E-state index contributed by atoms with van der Waals surface area (Å²) in [6, 6.07) is 0. The van der Waals surface area contributed by atoms with Gasteiger partial charge in [0.05, 0.1) is 12.7 Å². The molecule has 0 aromatic carbocycles. The third-order valence-electron chi connectivity index (χ3n) is 1.94. The van der Waals surface area contributed by atoms with Gasteiger partial charge in [-0.3, -0.25) is 0 Å². The Hall–Kier alpha value is -0.830. The summed E-state index contributed by atoms with van der Waals surface area (Å²) in [6.07, 6.45) is 5.01. The predicted octanol–water partition coefficient (Wildman–Crippen LogP) is 0.108. The fraction of sp³-hybridized carbons (Fsp3) is 0.667. The minimum Gasteiger partial charge on any atom is -0.550 e. The summed E-state index contributed by atoms with van der Waals surface area (Å²) in [4.78, 5) is 10.6. The molecule has 2 unspecified atom stereocenters. The first-order valence-electron chi connectivity index (χ1n) is 4.17. The van der Waals surface area contributed by atoms with Crippen LogP contribution in [-0.2, 0) is 9.53 Å². The van der Waals surface area contributed by atoms with Crippen LogP contribution in [0.5, 0.6) is 0 Å². The first kappa shape index (κ1) is 9.26. The zero-order valence-electron chi connectivity index (χ0n) is 7.16. The van der Waals surface area contributed by atoms with Crippen molar-refractivity contribution in [2.24, 2.45) is 5.92 Å². The van der Waals surface area contributed by atoms with Gasteiger partial charge >= 0.3 is 0 Å². The Kier molecular flexibility index (Phi) is 3.29. The summed E-state index contributed by atoms with van der Waals surface area (Å²) in [6.45, 7) is 2.58. The number of carbonyl (C=O) groups excluding carboxylic acids is 1. The van der Waals surface area contributed by atoms with E-state index in [1.165, 1.54) is 0 Å². The smallest absolute Gasteiger partial charge is 0.0816 e. The molecule has 3 nitrogen and oxygen atoms in total. The largest absolute Gasteiger partial charge is 0.550 e. The average Bonchev–Trinajstić information content (AvgIpc) is 2.80. The van der Waals surface area contributed by atoms with E-state index in [4.69, 9.17) is 4.74 Å². The van der Waals surface area contributed by atoms with Gasteiger partial charge < -0.3 is 14.6 Å². The van der Waals surface area contributed by atoms with Crippen molar-refractivity contribution in [1.82, 2.24) is 0 Å². The molecule has 0 aliphatic carbocycles. The van der Waals surface area contributed by atoms with Crippen molar-refractivity contribution in [2.75, 3.05) is 6.61 Å². The lowest BCUT2D eigenvalue weighted by atomic mass is 10.00. The predicted molar refractivity (Wildman–Crippen MR) is 42.3 cm³/mol. The van der Waals surface area contributed by atoms with Crippen LogP contribution < -0.4 is 5.11 Å². The summed E-state index contributed by atoms with van der Waals surface area (Å²) in [5.74, 6) is -1.35. The van der Waals surface area contributed by atoms with Crippen LogP contribution in [-0.4, -0.2) is 18.7 Å². The lowest BCUT2D eigenvalue weighted by molar-refractivity contribution is -0.311. The molecule has 0 aromatic rings. The van der Waals surface area contributed by atoms with Gasteiger partial charge in [0.2, 0.25) is 0 Å². The molecule has 1 aliphatic heterocycles. The van der Waals surface area contributed by atoms with Gasteiger partial charge in [-0.1, -0.05) is 12.2 Å². The van der Waals surface area contributed by atoms with Crippen molar-refractivity contribution in [3.05, 3.63) is 12.2 Å². The van der Waals surface area contributed by atoms with Crippen LogP contribution >= 0.6 is 0 Å². The molecule has 1 aliphatic rings. The van der Waals surface area contributed by atoms with Crippen molar-refractivity contribution in [1.29, 1.82) is 0 Å². The summed E-state index contributed by atoms with van der Waals surface area (Å²) < 4.78 is 4.95. The molecule has 12 heavy (non-hydrogen) atoms. The maximum Gasteiger partial charge on any atom is 0.0816 e. The Balaban J connectivity index is 2.30. The van der Waals surface area contributed by atoms with Crippen molar-refractivity contribution in [3.63, 3.8) is 0 Å². The number of hydrogen-bond donors (Lipinski definition) is 0. The molecule has 1 rings (SSSR count). The molecule has 0 saturated carbocycles. The molecular weight excluding hydrogens is 156 g/mol. The third kappa shape index (κ3) is 3.05. The van der Waals surface area contributed by atoms with E-state index in [2.05, 4.69) is 0 Å². The highest BCUT2D eigenvalue weighted by molar-refractivity contribution is 5.67. The highest BCUT2D eigenvalue weighted by atomic mass is 16.6. The highest BCUT2D eigenvalue weighted by Gasteiger charge is 2.26. The standard InChI is InChI=1S/C9H14O3/c1-2-3-4-7(9(10)11)5-8-6-12-8/h2-3,7-8H,4-6H2,1H3,(H,10,11)/p-1/b3-2+. The van der Waals surface area contributed by atoms with Gasteiger partial charge in [-0.25, -0.2) is 0 Å². The number of carbonyl (C=O) groups is 1. The van der Waals surface area contributed by atoms with Crippen LogP contribution in [0.1, 0.15) is 19.8 Å².